The highest BCUT2D eigenvalue weighted by Gasteiger charge is 2.10. The molecule has 14 heavy (non-hydrogen) atoms. The summed E-state index contributed by atoms with van der Waals surface area (Å²) in [5.74, 6) is 0. The average molecular weight is 269 g/mol. The smallest absolute Gasteiger partial charge is 0.113 e. The molecule has 1 nitrogen and oxygen atoms in total. The second-order valence-electron chi connectivity index (χ2n) is 2.97. The topological polar surface area (TPSA) is 20.2 Å². The van der Waals surface area contributed by atoms with E-state index in [0.29, 0.717) is 0 Å². The Morgan fingerprint density at radius 2 is 1.86 bits per heavy atom. The van der Waals surface area contributed by atoms with E-state index in [2.05, 4.69) is 15.9 Å². The minimum Gasteiger partial charge on any atom is -0.383 e. The van der Waals surface area contributed by atoms with Crippen molar-refractivity contribution in [1.82, 2.24) is 0 Å². The van der Waals surface area contributed by atoms with E-state index < -0.39 is 6.10 Å². The zero-order chi connectivity index (χ0) is 9.97. The van der Waals surface area contributed by atoms with Gasteiger partial charge in [0, 0.05) is 9.35 Å². The van der Waals surface area contributed by atoms with Crippen LogP contribution in [0.1, 0.15) is 16.5 Å². The highest BCUT2D eigenvalue weighted by molar-refractivity contribution is 9.10. The Balaban J connectivity index is 2.28. The Hall–Kier alpha value is -0.640. The number of thiophene rings is 1. The van der Waals surface area contributed by atoms with Crippen molar-refractivity contribution in [3.05, 3.63) is 56.7 Å². The highest BCUT2D eigenvalue weighted by atomic mass is 79.9. The summed E-state index contributed by atoms with van der Waals surface area (Å²) in [6.07, 6.45) is -0.497. The maximum absolute atomic E-state index is 9.97. The lowest BCUT2D eigenvalue weighted by atomic mass is 10.1. The molecule has 0 saturated carbocycles. The average Bonchev–Trinajstić information content (AvgIpc) is 2.71. The Morgan fingerprint density at radius 3 is 2.43 bits per heavy atom. The summed E-state index contributed by atoms with van der Waals surface area (Å²) < 4.78 is 1.03. The van der Waals surface area contributed by atoms with Crippen molar-refractivity contribution >= 4 is 27.3 Å². The number of rotatable bonds is 2. The van der Waals surface area contributed by atoms with E-state index in [-0.39, 0.29) is 0 Å². The maximum atomic E-state index is 9.97. The third-order valence-electron chi connectivity index (χ3n) is 2.00. The predicted molar refractivity (Wildman–Crippen MR) is 62.5 cm³/mol. The van der Waals surface area contributed by atoms with E-state index in [0.717, 1.165) is 14.9 Å². The molecule has 0 aliphatic heterocycles. The minimum atomic E-state index is -0.497. The Labute approximate surface area is 95.2 Å². The molecule has 1 atom stereocenters. The van der Waals surface area contributed by atoms with E-state index in [4.69, 9.17) is 0 Å². The lowest BCUT2D eigenvalue weighted by Gasteiger charge is -2.08. The molecule has 1 aromatic heterocycles. The fourth-order valence-corrected chi connectivity index (χ4v) is 2.26. The summed E-state index contributed by atoms with van der Waals surface area (Å²) in [6.45, 7) is 0. The van der Waals surface area contributed by atoms with E-state index in [1.165, 1.54) is 0 Å². The molecule has 0 aliphatic rings. The number of halogens is 1. The fraction of sp³-hybridized carbons (Fsp3) is 0.0909. The van der Waals surface area contributed by atoms with Crippen molar-refractivity contribution in [2.75, 3.05) is 0 Å². The first-order valence-corrected chi connectivity index (χ1v) is 5.91. The molecule has 0 unspecified atom stereocenters. The molecule has 0 amide bonds. The normalized spacial score (nSPS) is 12.7. The van der Waals surface area contributed by atoms with Gasteiger partial charge in [-0.25, -0.2) is 0 Å². The van der Waals surface area contributed by atoms with Gasteiger partial charge in [0.15, 0.2) is 0 Å². The van der Waals surface area contributed by atoms with Gasteiger partial charge in [0.1, 0.15) is 6.10 Å². The molecule has 1 N–H and O–H groups in total. The van der Waals surface area contributed by atoms with Crippen LogP contribution in [0.4, 0.5) is 0 Å². The predicted octanol–water partition coefficient (Wildman–Crippen LogP) is 3.59. The Kier molecular flexibility index (Phi) is 3.01. The molecule has 0 saturated heterocycles. The first kappa shape index (κ1) is 9.90. The van der Waals surface area contributed by atoms with Crippen LogP contribution in [0.15, 0.2) is 46.3 Å². The van der Waals surface area contributed by atoms with Crippen LogP contribution in [0.2, 0.25) is 0 Å². The molecule has 72 valence electrons. The molecule has 0 fully saturated rings. The van der Waals surface area contributed by atoms with Gasteiger partial charge in [0.2, 0.25) is 0 Å². The summed E-state index contributed by atoms with van der Waals surface area (Å²) in [4.78, 5) is 0.979. The first-order chi connectivity index (χ1) is 6.77. The van der Waals surface area contributed by atoms with Gasteiger partial charge in [0.05, 0.1) is 0 Å². The highest BCUT2D eigenvalue weighted by Crippen LogP contribution is 2.26. The molecular formula is C11H9BrOS. The van der Waals surface area contributed by atoms with Gasteiger partial charge < -0.3 is 5.11 Å². The van der Waals surface area contributed by atoms with Crippen molar-refractivity contribution < 1.29 is 5.11 Å². The minimum absolute atomic E-state index is 0.497. The van der Waals surface area contributed by atoms with Crippen molar-refractivity contribution in [2.45, 2.75) is 6.10 Å². The quantitative estimate of drug-likeness (QED) is 0.883. The van der Waals surface area contributed by atoms with Crippen molar-refractivity contribution in [1.29, 1.82) is 0 Å². The second kappa shape index (κ2) is 4.26. The van der Waals surface area contributed by atoms with Crippen molar-refractivity contribution in [3.63, 3.8) is 0 Å². The molecule has 1 aromatic carbocycles. The van der Waals surface area contributed by atoms with Gasteiger partial charge >= 0.3 is 0 Å². The maximum Gasteiger partial charge on any atom is 0.113 e. The van der Waals surface area contributed by atoms with Crippen molar-refractivity contribution in [3.8, 4) is 0 Å². The third-order valence-corrected chi connectivity index (χ3v) is 3.45. The van der Waals surface area contributed by atoms with Gasteiger partial charge in [-0.15, -0.1) is 11.3 Å². The lowest BCUT2D eigenvalue weighted by Crippen LogP contribution is -1.95. The van der Waals surface area contributed by atoms with E-state index in [1.54, 1.807) is 11.3 Å². The SMILES string of the molecule is O[C@@H](c1ccc(Br)cc1)c1cccs1. The monoisotopic (exact) mass is 268 g/mol. The molecule has 0 aliphatic carbocycles. The molecule has 2 aromatic rings. The van der Waals surface area contributed by atoms with Crippen LogP contribution in [0.5, 0.6) is 0 Å². The zero-order valence-electron chi connectivity index (χ0n) is 7.35. The number of hydrogen-bond donors (Lipinski definition) is 1. The van der Waals surface area contributed by atoms with Crippen LogP contribution in [0.3, 0.4) is 0 Å². The first-order valence-electron chi connectivity index (χ1n) is 4.24. The van der Waals surface area contributed by atoms with Crippen LogP contribution in [0, 0.1) is 0 Å². The summed E-state index contributed by atoms with van der Waals surface area (Å²) >= 11 is 4.93. The summed E-state index contributed by atoms with van der Waals surface area (Å²) in [6, 6.07) is 11.6. The molecule has 0 spiro atoms. The van der Waals surface area contributed by atoms with E-state index >= 15 is 0 Å². The summed E-state index contributed by atoms with van der Waals surface area (Å²) in [7, 11) is 0. The van der Waals surface area contributed by atoms with E-state index in [1.807, 2.05) is 41.8 Å². The summed E-state index contributed by atoms with van der Waals surface area (Å²) in [5.41, 5.74) is 0.927. The molecule has 1 heterocycles. The number of hydrogen-bond acceptors (Lipinski definition) is 2. The molecule has 0 radical (unpaired) electrons. The lowest BCUT2D eigenvalue weighted by molar-refractivity contribution is 0.224. The zero-order valence-corrected chi connectivity index (χ0v) is 9.75. The Morgan fingerprint density at radius 1 is 1.14 bits per heavy atom. The van der Waals surface area contributed by atoms with Gasteiger partial charge in [-0.3, -0.25) is 0 Å². The number of benzene rings is 1. The van der Waals surface area contributed by atoms with Gasteiger partial charge in [-0.1, -0.05) is 34.1 Å². The van der Waals surface area contributed by atoms with Gasteiger partial charge in [-0.2, -0.15) is 0 Å². The van der Waals surface area contributed by atoms with Crippen LogP contribution < -0.4 is 0 Å². The van der Waals surface area contributed by atoms with E-state index in [9.17, 15) is 5.11 Å². The molecule has 0 bridgehead atoms. The summed E-state index contributed by atoms with van der Waals surface area (Å²) in [5, 5.41) is 11.9. The standard InChI is InChI=1S/C11H9BrOS/c12-9-5-3-8(4-6-9)11(13)10-2-1-7-14-10/h1-7,11,13H/t11-/m0/s1. The van der Waals surface area contributed by atoms with Crippen LogP contribution in [-0.4, -0.2) is 5.11 Å². The number of aliphatic hydroxyl groups is 1. The Bertz CT molecular complexity index is 394. The molecular weight excluding hydrogens is 260 g/mol. The van der Waals surface area contributed by atoms with Gasteiger partial charge in [0.25, 0.3) is 0 Å². The van der Waals surface area contributed by atoms with Crippen LogP contribution in [0.25, 0.3) is 0 Å². The largest absolute Gasteiger partial charge is 0.383 e. The fourth-order valence-electron chi connectivity index (χ4n) is 1.26. The van der Waals surface area contributed by atoms with Gasteiger partial charge in [-0.05, 0) is 29.1 Å². The van der Waals surface area contributed by atoms with Crippen LogP contribution in [-0.2, 0) is 0 Å². The van der Waals surface area contributed by atoms with Crippen molar-refractivity contribution in [2.24, 2.45) is 0 Å². The molecule has 3 heteroatoms. The number of aliphatic hydroxyl groups excluding tert-OH is 1. The second-order valence-corrected chi connectivity index (χ2v) is 4.86. The molecule has 2 rings (SSSR count). The third kappa shape index (κ3) is 2.05. The van der Waals surface area contributed by atoms with Crippen LogP contribution >= 0.6 is 27.3 Å².